The van der Waals surface area contributed by atoms with Gasteiger partial charge in [0.2, 0.25) is 5.91 Å². The van der Waals surface area contributed by atoms with Gasteiger partial charge in [-0.1, -0.05) is 6.08 Å². The van der Waals surface area contributed by atoms with E-state index in [1.165, 1.54) is 0 Å². The SMILES string of the molecule is C=CCS(=O)(=O)C(C)C(=O)Nc1cc(C(F)(F)F)cc(C(F)(F)F)c1. The fourth-order valence-corrected chi connectivity index (χ4v) is 2.74. The summed E-state index contributed by atoms with van der Waals surface area (Å²) in [5.74, 6) is -1.83. The monoisotopic (exact) mass is 389 g/mol. The molecule has 11 heteroatoms. The van der Waals surface area contributed by atoms with Crippen molar-refractivity contribution in [2.75, 3.05) is 11.1 Å². The molecule has 1 rings (SSSR count). The van der Waals surface area contributed by atoms with E-state index >= 15 is 0 Å². The minimum atomic E-state index is -5.08. The quantitative estimate of drug-likeness (QED) is 0.618. The first-order valence-corrected chi connectivity index (χ1v) is 8.33. The molecule has 1 atom stereocenters. The molecule has 0 aliphatic carbocycles. The summed E-state index contributed by atoms with van der Waals surface area (Å²) in [5, 5.41) is 0.0930. The fraction of sp³-hybridized carbons (Fsp3) is 0.357. The van der Waals surface area contributed by atoms with E-state index in [4.69, 9.17) is 0 Å². The number of carbonyl (C=O) groups is 1. The van der Waals surface area contributed by atoms with Crippen molar-refractivity contribution in [2.45, 2.75) is 24.5 Å². The molecule has 1 N–H and O–H groups in total. The first kappa shape index (κ1) is 21.0. The molecule has 0 heterocycles. The summed E-state index contributed by atoms with van der Waals surface area (Å²) in [4.78, 5) is 11.9. The van der Waals surface area contributed by atoms with E-state index in [9.17, 15) is 39.6 Å². The molecule has 0 radical (unpaired) electrons. The third-order valence-corrected chi connectivity index (χ3v) is 5.11. The van der Waals surface area contributed by atoms with Crippen LogP contribution in [0.5, 0.6) is 0 Å². The van der Waals surface area contributed by atoms with Crippen molar-refractivity contribution in [3.63, 3.8) is 0 Å². The number of hydrogen-bond acceptors (Lipinski definition) is 3. The molecular weight excluding hydrogens is 376 g/mol. The van der Waals surface area contributed by atoms with Gasteiger partial charge < -0.3 is 5.32 Å². The highest BCUT2D eigenvalue weighted by molar-refractivity contribution is 7.92. The number of amides is 1. The minimum absolute atomic E-state index is 0.104. The summed E-state index contributed by atoms with van der Waals surface area (Å²) in [5.41, 5.74) is -4.06. The molecule has 0 aliphatic heterocycles. The van der Waals surface area contributed by atoms with Gasteiger partial charge in [-0.3, -0.25) is 4.79 Å². The third-order valence-electron chi connectivity index (χ3n) is 3.11. The van der Waals surface area contributed by atoms with Crippen LogP contribution >= 0.6 is 0 Å². The van der Waals surface area contributed by atoms with E-state index in [1.807, 2.05) is 0 Å². The molecule has 0 saturated heterocycles. The molecule has 25 heavy (non-hydrogen) atoms. The van der Waals surface area contributed by atoms with Gasteiger partial charge >= 0.3 is 12.4 Å². The van der Waals surface area contributed by atoms with Gasteiger partial charge in [0.05, 0.1) is 16.9 Å². The van der Waals surface area contributed by atoms with Crippen molar-refractivity contribution in [3.8, 4) is 0 Å². The summed E-state index contributed by atoms with van der Waals surface area (Å²) in [6, 6.07) is 0.480. The lowest BCUT2D eigenvalue weighted by molar-refractivity contribution is -0.143. The predicted molar refractivity (Wildman–Crippen MR) is 78.5 cm³/mol. The van der Waals surface area contributed by atoms with Gasteiger partial charge in [-0.25, -0.2) is 8.42 Å². The molecule has 0 spiro atoms. The number of nitrogens with one attached hydrogen (secondary N) is 1. The first-order chi connectivity index (χ1) is 11.2. The Labute approximate surface area is 139 Å². The number of halogens is 6. The Morgan fingerprint density at radius 1 is 1.12 bits per heavy atom. The minimum Gasteiger partial charge on any atom is -0.325 e. The maximum Gasteiger partial charge on any atom is 0.416 e. The zero-order chi connectivity index (χ0) is 19.6. The normalized spacial score (nSPS) is 14.0. The van der Waals surface area contributed by atoms with Crippen LogP contribution in [0.3, 0.4) is 0 Å². The van der Waals surface area contributed by atoms with E-state index in [0.717, 1.165) is 13.0 Å². The number of carbonyl (C=O) groups excluding carboxylic acids is 1. The van der Waals surface area contributed by atoms with Crippen LogP contribution < -0.4 is 5.32 Å². The number of benzene rings is 1. The maximum absolute atomic E-state index is 12.7. The Kier molecular flexibility index (Phi) is 5.93. The highest BCUT2D eigenvalue weighted by Gasteiger charge is 2.37. The highest BCUT2D eigenvalue weighted by atomic mass is 32.2. The van der Waals surface area contributed by atoms with E-state index in [0.29, 0.717) is 12.1 Å². The van der Waals surface area contributed by atoms with E-state index in [1.54, 1.807) is 5.32 Å². The average Bonchev–Trinajstić information content (AvgIpc) is 2.44. The Hall–Kier alpha value is -2.04. The second kappa shape index (κ2) is 7.06. The first-order valence-electron chi connectivity index (χ1n) is 6.61. The second-order valence-corrected chi connectivity index (χ2v) is 7.41. The van der Waals surface area contributed by atoms with Crippen molar-refractivity contribution in [2.24, 2.45) is 0 Å². The predicted octanol–water partition coefficient (Wildman–Crippen LogP) is 3.65. The van der Waals surface area contributed by atoms with Crippen LogP contribution in [0.2, 0.25) is 0 Å². The van der Waals surface area contributed by atoms with E-state index in [-0.39, 0.29) is 6.07 Å². The van der Waals surface area contributed by atoms with Crippen LogP contribution in [-0.4, -0.2) is 25.3 Å². The van der Waals surface area contributed by atoms with Crippen molar-refractivity contribution >= 4 is 21.4 Å². The van der Waals surface area contributed by atoms with Gasteiger partial charge in [-0.05, 0) is 25.1 Å². The third kappa shape index (κ3) is 5.48. The number of hydrogen-bond donors (Lipinski definition) is 1. The molecule has 0 aliphatic rings. The van der Waals surface area contributed by atoms with Crippen LogP contribution in [0.4, 0.5) is 32.0 Å². The largest absolute Gasteiger partial charge is 0.416 e. The molecule has 1 aromatic carbocycles. The lowest BCUT2D eigenvalue weighted by Crippen LogP contribution is -2.33. The van der Waals surface area contributed by atoms with Crippen LogP contribution in [-0.2, 0) is 27.0 Å². The van der Waals surface area contributed by atoms with Crippen molar-refractivity contribution in [1.29, 1.82) is 0 Å². The molecule has 4 nitrogen and oxygen atoms in total. The number of alkyl halides is 6. The summed E-state index contributed by atoms with van der Waals surface area (Å²) >= 11 is 0. The molecule has 0 saturated carbocycles. The maximum atomic E-state index is 12.7. The molecule has 1 unspecified atom stereocenters. The second-order valence-electron chi connectivity index (χ2n) is 5.04. The number of rotatable bonds is 5. The van der Waals surface area contributed by atoms with Crippen LogP contribution in [0, 0.1) is 0 Å². The number of sulfone groups is 1. The van der Waals surface area contributed by atoms with Crippen molar-refractivity contribution in [1.82, 2.24) is 0 Å². The van der Waals surface area contributed by atoms with Gasteiger partial charge in [0.1, 0.15) is 5.25 Å². The topological polar surface area (TPSA) is 63.2 Å². The van der Waals surface area contributed by atoms with Crippen LogP contribution in [0.15, 0.2) is 30.9 Å². The lowest BCUT2D eigenvalue weighted by atomic mass is 10.1. The molecule has 140 valence electrons. The van der Waals surface area contributed by atoms with Crippen LogP contribution in [0.1, 0.15) is 18.1 Å². The fourth-order valence-electron chi connectivity index (χ4n) is 1.74. The summed E-state index contributed by atoms with van der Waals surface area (Å²) in [6.45, 7) is 4.15. The molecule has 1 aromatic rings. The van der Waals surface area contributed by atoms with Gasteiger partial charge in [0.25, 0.3) is 0 Å². The van der Waals surface area contributed by atoms with E-state index in [2.05, 4.69) is 6.58 Å². The zero-order valence-electron chi connectivity index (χ0n) is 12.7. The lowest BCUT2D eigenvalue weighted by Gasteiger charge is -2.16. The highest BCUT2D eigenvalue weighted by Crippen LogP contribution is 2.37. The Morgan fingerprint density at radius 3 is 1.92 bits per heavy atom. The summed E-state index contributed by atoms with van der Waals surface area (Å²) < 4.78 is 99.9. The smallest absolute Gasteiger partial charge is 0.325 e. The van der Waals surface area contributed by atoms with Gasteiger partial charge in [0.15, 0.2) is 9.84 Å². The van der Waals surface area contributed by atoms with Gasteiger partial charge in [-0.15, -0.1) is 6.58 Å². The standard InChI is InChI=1S/C14H13F6NO3S/c1-3-4-25(23,24)8(2)12(22)21-11-6-9(13(15,16)17)5-10(7-11)14(18,19)20/h3,5-8H,1,4H2,2H3,(H,21,22). The van der Waals surface area contributed by atoms with Crippen molar-refractivity contribution in [3.05, 3.63) is 42.0 Å². The summed E-state index contributed by atoms with van der Waals surface area (Å²) in [7, 11) is -3.98. The Morgan fingerprint density at radius 2 is 1.56 bits per heavy atom. The molecular formula is C14H13F6NO3S. The molecule has 0 fully saturated rings. The van der Waals surface area contributed by atoms with Gasteiger partial charge in [0, 0.05) is 5.69 Å². The molecule has 1 amide bonds. The Balaban J connectivity index is 3.25. The molecule has 0 bridgehead atoms. The van der Waals surface area contributed by atoms with E-state index < -0.39 is 55.9 Å². The van der Waals surface area contributed by atoms with Crippen molar-refractivity contribution < 1.29 is 39.6 Å². The van der Waals surface area contributed by atoms with Crippen LogP contribution in [0.25, 0.3) is 0 Å². The number of anilines is 1. The van der Waals surface area contributed by atoms with Gasteiger partial charge in [-0.2, -0.15) is 26.3 Å². The Bertz CT molecular complexity index is 736. The molecule has 0 aromatic heterocycles. The summed E-state index contributed by atoms with van der Waals surface area (Å²) in [6.07, 6.45) is -9.16. The zero-order valence-corrected chi connectivity index (χ0v) is 13.5. The average molecular weight is 389 g/mol.